The van der Waals surface area contributed by atoms with Gasteiger partial charge in [-0.3, -0.25) is 9.59 Å². The Hall–Kier alpha value is -3.02. The van der Waals surface area contributed by atoms with Crippen molar-refractivity contribution in [3.05, 3.63) is 59.7 Å². The summed E-state index contributed by atoms with van der Waals surface area (Å²) in [6.07, 6.45) is 1.62. The first-order valence-corrected chi connectivity index (χ1v) is 11.4. The van der Waals surface area contributed by atoms with Gasteiger partial charge in [-0.1, -0.05) is 50.2 Å². The number of nitrogens with one attached hydrogen (secondary N) is 1. The van der Waals surface area contributed by atoms with Gasteiger partial charge in [-0.2, -0.15) is 0 Å². The lowest BCUT2D eigenvalue weighted by Gasteiger charge is -2.29. The summed E-state index contributed by atoms with van der Waals surface area (Å²) >= 11 is 0. The Morgan fingerprint density at radius 1 is 0.938 bits per heavy atom. The van der Waals surface area contributed by atoms with E-state index in [0.717, 1.165) is 22.6 Å². The van der Waals surface area contributed by atoms with Crippen LogP contribution in [0.3, 0.4) is 0 Å². The lowest BCUT2D eigenvalue weighted by molar-refractivity contribution is -0.139. The Morgan fingerprint density at radius 3 is 2.38 bits per heavy atom. The number of amides is 2. The fourth-order valence-corrected chi connectivity index (χ4v) is 3.66. The summed E-state index contributed by atoms with van der Waals surface area (Å²) in [4.78, 5) is 27.6. The molecule has 0 fully saturated rings. The minimum absolute atomic E-state index is 0.0250. The maximum absolute atomic E-state index is 13.2. The van der Waals surface area contributed by atoms with E-state index < -0.39 is 6.04 Å². The van der Waals surface area contributed by atoms with Crippen molar-refractivity contribution >= 4 is 11.8 Å². The Labute approximate surface area is 190 Å². The summed E-state index contributed by atoms with van der Waals surface area (Å²) in [6.45, 7) is 8.10. The number of carbonyl (C=O) groups excluding carboxylic acids is 2. The first-order valence-electron chi connectivity index (χ1n) is 11.4. The van der Waals surface area contributed by atoms with Gasteiger partial charge < -0.3 is 19.7 Å². The molecule has 1 N–H and O–H groups in total. The van der Waals surface area contributed by atoms with Gasteiger partial charge in [0.1, 0.15) is 19.3 Å². The van der Waals surface area contributed by atoms with E-state index in [2.05, 4.69) is 19.2 Å². The number of ether oxygens (including phenoxy) is 2. The van der Waals surface area contributed by atoms with Gasteiger partial charge >= 0.3 is 0 Å². The van der Waals surface area contributed by atoms with Crippen molar-refractivity contribution in [2.75, 3.05) is 26.3 Å². The molecule has 1 atom stereocenters. The summed E-state index contributed by atoms with van der Waals surface area (Å²) in [5, 5.41) is 2.96. The van der Waals surface area contributed by atoms with Crippen LogP contribution in [0.1, 0.15) is 38.3 Å². The largest absolute Gasteiger partial charge is 0.486 e. The third kappa shape index (κ3) is 6.74. The van der Waals surface area contributed by atoms with Crippen LogP contribution in [0.25, 0.3) is 0 Å². The second-order valence-electron chi connectivity index (χ2n) is 8.62. The van der Waals surface area contributed by atoms with Crippen LogP contribution in [0, 0.1) is 5.92 Å². The minimum atomic E-state index is -0.523. The molecule has 0 aliphatic carbocycles. The molecule has 1 aliphatic heterocycles. The average molecular weight is 439 g/mol. The highest BCUT2D eigenvalue weighted by Crippen LogP contribution is 2.31. The predicted molar refractivity (Wildman–Crippen MR) is 125 cm³/mol. The third-order valence-electron chi connectivity index (χ3n) is 5.57. The first-order chi connectivity index (χ1) is 15.4. The molecular weight excluding hydrogens is 404 g/mol. The van der Waals surface area contributed by atoms with Gasteiger partial charge in [-0.15, -0.1) is 0 Å². The first kappa shape index (κ1) is 23.6. The Bertz CT molecular complexity index is 898. The summed E-state index contributed by atoms with van der Waals surface area (Å²) in [7, 11) is 0. The third-order valence-corrected chi connectivity index (χ3v) is 5.57. The molecule has 0 saturated heterocycles. The van der Waals surface area contributed by atoms with Crippen LogP contribution in [0.4, 0.5) is 0 Å². The highest BCUT2D eigenvalue weighted by Gasteiger charge is 2.25. The quantitative estimate of drug-likeness (QED) is 0.615. The number of carbonyl (C=O) groups is 2. The van der Waals surface area contributed by atoms with E-state index in [1.165, 1.54) is 0 Å². The maximum atomic E-state index is 13.2. The molecular formula is C26H34N2O4. The number of fused-ring (bicyclic) bond motifs is 1. The van der Waals surface area contributed by atoms with Crippen molar-refractivity contribution in [3.8, 4) is 11.5 Å². The zero-order valence-corrected chi connectivity index (χ0v) is 19.3. The second kappa shape index (κ2) is 11.6. The Balaban J connectivity index is 1.65. The van der Waals surface area contributed by atoms with Gasteiger partial charge in [0.05, 0.1) is 0 Å². The van der Waals surface area contributed by atoms with Crippen molar-refractivity contribution in [3.63, 3.8) is 0 Å². The van der Waals surface area contributed by atoms with Gasteiger partial charge in [0, 0.05) is 19.5 Å². The molecule has 0 spiro atoms. The number of hydrogen-bond acceptors (Lipinski definition) is 4. The molecule has 0 aromatic heterocycles. The molecule has 2 aromatic carbocycles. The highest BCUT2D eigenvalue weighted by molar-refractivity contribution is 5.87. The normalized spacial score (nSPS) is 13.5. The van der Waals surface area contributed by atoms with Gasteiger partial charge in [0.15, 0.2) is 11.5 Å². The second-order valence-corrected chi connectivity index (χ2v) is 8.62. The van der Waals surface area contributed by atoms with Gasteiger partial charge in [-0.05, 0) is 48.9 Å². The Morgan fingerprint density at radius 2 is 1.66 bits per heavy atom. The lowest BCUT2D eigenvalue weighted by Crippen LogP contribution is -2.49. The molecule has 2 aromatic rings. The molecule has 1 unspecified atom stereocenters. The van der Waals surface area contributed by atoms with Gasteiger partial charge in [0.25, 0.3) is 0 Å². The molecule has 0 radical (unpaired) electrons. The van der Waals surface area contributed by atoms with Crippen molar-refractivity contribution in [2.24, 2.45) is 5.92 Å². The topological polar surface area (TPSA) is 67.9 Å². The van der Waals surface area contributed by atoms with Crippen LogP contribution in [0.5, 0.6) is 11.5 Å². The summed E-state index contributed by atoms with van der Waals surface area (Å²) in [6, 6.07) is 15.3. The van der Waals surface area contributed by atoms with Crippen molar-refractivity contribution < 1.29 is 19.1 Å². The van der Waals surface area contributed by atoms with Crippen molar-refractivity contribution in [2.45, 2.75) is 46.1 Å². The molecule has 172 valence electrons. The minimum Gasteiger partial charge on any atom is -0.486 e. The zero-order chi connectivity index (χ0) is 22.9. The lowest BCUT2D eigenvalue weighted by atomic mass is 10.1. The summed E-state index contributed by atoms with van der Waals surface area (Å²) in [5.41, 5.74) is 2.16. The number of rotatable bonds is 10. The molecule has 1 aliphatic rings. The molecule has 0 bridgehead atoms. The smallest absolute Gasteiger partial charge is 0.242 e. The van der Waals surface area contributed by atoms with Gasteiger partial charge in [0.2, 0.25) is 11.8 Å². The molecule has 3 rings (SSSR count). The van der Waals surface area contributed by atoms with Crippen molar-refractivity contribution in [1.82, 2.24) is 10.2 Å². The van der Waals surface area contributed by atoms with Crippen LogP contribution in [0.15, 0.2) is 48.5 Å². The molecule has 0 saturated carbocycles. The SMILES string of the molecule is CC(C)CNC(=O)C(C)N(CCc1ccccc1)C(=O)CCc1ccc2c(c1)OCCO2. The van der Waals surface area contributed by atoms with E-state index in [-0.39, 0.29) is 11.8 Å². The maximum Gasteiger partial charge on any atom is 0.242 e. The number of nitrogens with zero attached hydrogens (tertiary/aromatic N) is 1. The van der Waals surface area contributed by atoms with Crippen LogP contribution in [0.2, 0.25) is 0 Å². The van der Waals surface area contributed by atoms with Gasteiger partial charge in [-0.25, -0.2) is 0 Å². The molecule has 32 heavy (non-hydrogen) atoms. The number of benzene rings is 2. The summed E-state index contributed by atoms with van der Waals surface area (Å²) < 4.78 is 11.2. The van der Waals surface area contributed by atoms with Crippen LogP contribution >= 0.6 is 0 Å². The van der Waals surface area contributed by atoms with E-state index in [4.69, 9.17) is 9.47 Å². The van der Waals surface area contributed by atoms with Crippen molar-refractivity contribution in [1.29, 1.82) is 0 Å². The molecule has 2 amide bonds. The molecule has 1 heterocycles. The fraction of sp³-hybridized carbons (Fsp3) is 0.462. The van der Waals surface area contributed by atoms with Crippen LogP contribution < -0.4 is 14.8 Å². The van der Waals surface area contributed by atoms with Crippen LogP contribution in [-0.4, -0.2) is 49.1 Å². The van der Waals surface area contributed by atoms with Crippen LogP contribution in [-0.2, 0) is 22.4 Å². The highest BCUT2D eigenvalue weighted by atomic mass is 16.6. The number of hydrogen-bond donors (Lipinski definition) is 1. The summed E-state index contributed by atoms with van der Waals surface area (Å²) in [5.74, 6) is 1.69. The van der Waals surface area contributed by atoms with E-state index in [0.29, 0.717) is 51.5 Å². The Kier molecular flexibility index (Phi) is 8.54. The monoisotopic (exact) mass is 438 g/mol. The fourth-order valence-electron chi connectivity index (χ4n) is 3.66. The van der Waals surface area contributed by atoms with E-state index in [1.807, 2.05) is 55.5 Å². The number of aryl methyl sites for hydroxylation is 1. The average Bonchev–Trinajstić information content (AvgIpc) is 2.81. The predicted octanol–water partition coefficient (Wildman–Crippen LogP) is 3.62. The molecule has 6 nitrogen and oxygen atoms in total. The molecule has 6 heteroatoms. The van der Waals surface area contributed by atoms with E-state index in [1.54, 1.807) is 4.90 Å². The standard InChI is InChI=1S/C26H34N2O4/c1-19(2)18-27-26(30)20(3)28(14-13-21-7-5-4-6-8-21)25(29)12-10-22-9-11-23-24(17-22)32-16-15-31-23/h4-9,11,17,19-20H,10,12-16,18H2,1-3H3,(H,27,30). The van der Waals surface area contributed by atoms with E-state index in [9.17, 15) is 9.59 Å². The zero-order valence-electron chi connectivity index (χ0n) is 19.3. The van der Waals surface area contributed by atoms with E-state index >= 15 is 0 Å².